The molecule has 2 amide bonds. The fraction of sp³-hybridized carbons (Fsp3) is 0.370. The normalized spacial score (nSPS) is 14.5. The molecule has 0 aliphatic carbocycles. The Morgan fingerprint density at radius 2 is 1.87 bits per heavy atom. The van der Waals surface area contributed by atoms with Gasteiger partial charge in [-0.2, -0.15) is 0 Å². The molecule has 3 aromatic rings. The third-order valence-corrected chi connectivity index (χ3v) is 6.56. The number of carbonyl (C=O) groups is 3. The summed E-state index contributed by atoms with van der Waals surface area (Å²) in [6.45, 7) is 2.34. The van der Waals surface area contributed by atoms with Crippen LogP contribution in [0.25, 0.3) is 11.0 Å². The summed E-state index contributed by atoms with van der Waals surface area (Å²) in [4.78, 5) is 55.9. The summed E-state index contributed by atoms with van der Waals surface area (Å²) in [6.07, 6.45) is 3.63. The van der Waals surface area contributed by atoms with Crippen molar-refractivity contribution in [1.82, 2.24) is 19.8 Å². The predicted octanol–water partition coefficient (Wildman–Crippen LogP) is 2.44. The number of piperidine rings is 1. The van der Waals surface area contributed by atoms with Crippen LogP contribution in [0, 0.1) is 5.82 Å². The van der Waals surface area contributed by atoms with Gasteiger partial charge in [0.2, 0.25) is 5.91 Å². The van der Waals surface area contributed by atoms with Gasteiger partial charge >= 0.3 is 5.97 Å². The number of hydrogen-bond acceptors (Lipinski definition) is 6. The summed E-state index contributed by atoms with van der Waals surface area (Å²) < 4.78 is 14.6. The van der Waals surface area contributed by atoms with Gasteiger partial charge in [0.15, 0.2) is 5.75 Å². The highest BCUT2D eigenvalue weighted by Crippen LogP contribution is 2.26. The number of amides is 2. The number of nitrogens with one attached hydrogen (secondary N) is 1. The molecular formula is C27H29FN4O6. The van der Waals surface area contributed by atoms with Crippen LogP contribution in [-0.2, 0) is 22.6 Å². The summed E-state index contributed by atoms with van der Waals surface area (Å²) in [5.41, 5.74) is 0.491. The summed E-state index contributed by atoms with van der Waals surface area (Å²) in [6, 6.07) is 6.85. The highest BCUT2D eigenvalue weighted by Gasteiger charge is 2.26. The number of nitrogens with zero attached hydrogens (tertiary/aromatic N) is 3. The summed E-state index contributed by atoms with van der Waals surface area (Å²) in [5.74, 6) is -3.02. The molecule has 1 aromatic carbocycles. The third kappa shape index (κ3) is 5.99. The minimum atomic E-state index is -1.13. The third-order valence-electron chi connectivity index (χ3n) is 6.56. The maximum Gasteiger partial charge on any atom is 0.305 e. The van der Waals surface area contributed by atoms with E-state index >= 15 is 0 Å². The van der Waals surface area contributed by atoms with Crippen molar-refractivity contribution in [2.45, 2.75) is 51.6 Å². The number of aromatic hydroxyl groups is 1. The molecule has 3 N–H and O–H groups in total. The number of carbonyl (C=O) groups excluding carboxylic acids is 2. The number of halogens is 1. The van der Waals surface area contributed by atoms with Crippen molar-refractivity contribution >= 4 is 28.8 Å². The molecule has 200 valence electrons. The van der Waals surface area contributed by atoms with Crippen LogP contribution in [0.15, 0.2) is 41.3 Å². The minimum absolute atomic E-state index is 0.0111. The van der Waals surface area contributed by atoms with E-state index in [2.05, 4.69) is 10.3 Å². The molecule has 0 bridgehead atoms. The molecule has 11 heteroatoms. The van der Waals surface area contributed by atoms with Gasteiger partial charge in [-0.3, -0.25) is 24.2 Å². The van der Waals surface area contributed by atoms with Gasteiger partial charge in [0.25, 0.3) is 11.5 Å². The van der Waals surface area contributed by atoms with Crippen molar-refractivity contribution in [3.8, 4) is 5.75 Å². The summed E-state index contributed by atoms with van der Waals surface area (Å²) in [7, 11) is 0. The van der Waals surface area contributed by atoms with Crippen molar-refractivity contribution < 1.29 is 29.0 Å². The van der Waals surface area contributed by atoms with E-state index in [-0.39, 0.29) is 42.3 Å². The lowest BCUT2D eigenvalue weighted by Gasteiger charge is -2.27. The maximum atomic E-state index is 13.6. The molecule has 1 fully saturated rings. The molecule has 2 aromatic heterocycles. The Morgan fingerprint density at radius 3 is 2.55 bits per heavy atom. The van der Waals surface area contributed by atoms with E-state index in [9.17, 15) is 28.7 Å². The first-order valence-electron chi connectivity index (χ1n) is 12.4. The lowest BCUT2D eigenvalue weighted by Crippen LogP contribution is -2.41. The van der Waals surface area contributed by atoms with Crippen molar-refractivity contribution in [2.75, 3.05) is 13.1 Å². The van der Waals surface area contributed by atoms with Crippen LogP contribution in [0.4, 0.5) is 4.39 Å². The smallest absolute Gasteiger partial charge is 0.305 e. The number of benzene rings is 1. The molecule has 10 nitrogen and oxygen atoms in total. The first-order valence-corrected chi connectivity index (χ1v) is 12.4. The number of aliphatic carboxylic acids is 1. The molecule has 4 rings (SSSR count). The van der Waals surface area contributed by atoms with Gasteiger partial charge in [0, 0.05) is 38.3 Å². The van der Waals surface area contributed by atoms with E-state index in [1.807, 2.05) is 0 Å². The second kappa shape index (κ2) is 11.4. The number of rotatable bonds is 9. The van der Waals surface area contributed by atoms with Crippen molar-refractivity contribution in [3.63, 3.8) is 0 Å². The van der Waals surface area contributed by atoms with Gasteiger partial charge in [0.05, 0.1) is 11.9 Å². The molecule has 0 unspecified atom stereocenters. The molecule has 0 saturated carbocycles. The molecule has 1 saturated heterocycles. The van der Waals surface area contributed by atoms with Crippen LogP contribution < -0.4 is 10.9 Å². The van der Waals surface area contributed by atoms with Crippen LogP contribution in [0.3, 0.4) is 0 Å². The van der Waals surface area contributed by atoms with Crippen LogP contribution in [0.2, 0.25) is 0 Å². The van der Waals surface area contributed by atoms with E-state index in [1.165, 1.54) is 29.8 Å². The fourth-order valence-corrected chi connectivity index (χ4v) is 4.64. The second-order valence-electron chi connectivity index (χ2n) is 9.51. The Balaban J connectivity index is 1.75. The molecular weight excluding hydrogens is 495 g/mol. The Hall–Kier alpha value is -4.28. The first kappa shape index (κ1) is 26.8. The summed E-state index contributed by atoms with van der Waals surface area (Å²) >= 11 is 0. The van der Waals surface area contributed by atoms with E-state index in [4.69, 9.17) is 5.11 Å². The number of likely N-dealkylation sites (tertiary alicyclic amines) is 1. The van der Waals surface area contributed by atoms with E-state index in [0.717, 1.165) is 18.4 Å². The van der Waals surface area contributed by atoms with Gasteiger partial charge in [-0.25, -0.2) is 4.39 Å². The minimum Gasteiger partial charge on any atom is -0.505 e. The lowest BCUT2D eigenvalue weighted by molar-refractivity contribution is -0.137. The van der Waals surface area contributed by atoms with Crippen LogP contribution in [0.1, 0.15) is 54.1 Å². The van der Waals surface area contributed by atoms with Gasteiger partial charge in [-0.05, 0) is 55.5 Å². The van der Waals surface area contributed by atoms with Gasteiger partial charge < -0.3 is 25.0 Å². The predicted molar refractivity (Wildman–Crippen MR) is 136 cm³/mol. The zero-order valence-corrected chi connectivity index (χ0v) is 20.9. The quantitative estimate of drug-likeness (QED) is 0.390. The lowest BCUT2D eigenvalue weighted by atomic mass is 10.0. The molecule has 38 heavy (non-hydrogen) atoms. The van der Waals surface area contributed by atoms with Gasteiger partial charge in [-0.15, -0.1) is 0 Å². The SMILES string of the molecule is C[C@@H](CC(=O)O)NC(=O)c1c(O)c2ncc(Cc3ccc(F)cc3)cc2n(CCN2CCCCC2=O)c1=O. The monoisotopic (exact) mass is 524 g/mol. The van der Waals surface area contributed by atoms with Gasteiger partial charge in [0.1, 0.15) is 16.9 Å². The maximum absolute atomic E-state index is 13.6. The molecule has 0 spiro atoms. The zero-order valence-electron chi connectivity index (χ0n) is 20.9. The van der Waals surface area contributed by atoms with Crippen LogP contribution in [-0.4, -0.2) is 61.6 Å². The number of carboxylic acids is 1. The number of pyridine rings is 2. The Kier molecular flexibility index (Phi) is 8.04. The van der Waals surface area contributed by atoms with E-state index < -0.39 is 34.8 Å². The van der Waals surface area contributed by atoms with Gasteiger partial charge in [-0.1, -0.05) is 12.1 Å². The molecule has 1 atom stereocenters. The van der Waals surface area contributed by atoms with Crippen molar-refractivity contribution in [2.24, 2.45) is 0 Å². The molecule has 0 radical (unpaired) electrons. The number of aromatic nitrogens is 2. The van der Waals surface area contributed by atoms with E-state index in [0.29, 0.717) is 24.9 Å². The second-order valence-corrected chi connectivity index (χ2v) is 9.51. The molecule has 1 aliphatic rings. The fourth-order valence-electron chi connectivity index (χ4n) is 4.64. The van der Waals surface area contributed by atoms with Crippen LogP contribution in [0.5, 0.6) is 5.75 Å². The topological polar surface area (TPSA) is 142 Å². The first-order chi connectivity index (χ1) is 18.1. The molecule has 3 heterocycles. The largest absolute Gasteiger partial charge is 0.505 e. The standard InChI is InChI=1S/C27H29FN4O6/c1-16(12-22(34)35)30-26(37)23-25(36)24-20(14-18(15-29-24)13-17-5-7-19(28)8-6-17)32(27(23)38)11-10-31-9-3-2-4-21(31)33/h5-8,14-16,36H,2-4,9-13H2,1H3,(H,30,37)(H,34,35)/t16-/m0/s1. The average molecular weight is 525 g/mol. The zero-order chi connectivity index (χ0) is 27.4. The Bertz CT molecular complexity index is 1440. The number of carboxylic acid groups (broad SMARTS) is 1. The molecule has 1 aliphatic heterocycles. The van der Waals surface area contributed by atoms with E-state index in [1.54, 1.807) is 23.1 Å². The number of hydrogen-bond donors (Lipinski definition) is 3. The highest BCUT2D eigenvalue weighted by atomic mass is 19.1. The number of fused-ring (bicyclic) bond motifs is 1. The average Bonchev–Trinajstić information content (AvgIpc) is 2.85. The van der Waals surface area contributed by atoms with Crippen molar-refractivity contribution in [1.29, 1.82) is 0 Å². The van der Waals surface area contributed by atoms with Crippen molar-refractivity contribution in [3.05, 3.63) is 69.4 Å². The summed E-state index contributed by atoms with van der Waals surface area (Å²) in [5, 5.41) is 22.4. The Morgan fingerprint density at radius 1 is 1.13 bits per heavy atom. The Labute approximate surface area is 217 Å². The highest BCUT2D eigenvalue weighted by molar-refractivity contribution is 6.01. The van der Waals surface area contributed by atoms with Crippen LogP contribution >= 0.6 is 0 Å².